The Labute approximate surface area is 197 Å². The monoisotopic (exact) mass is 463 g/mol. The molecule has 1 aliphatic rings. The largest absolute Gasteiger partial charge is 0.483 e. The van der Waals surface area contributed by atoms with Crippen molar-refractivity contribution in [2.24, 2.45) is 0 Å². The first-order chi connectivity index (χ1) is 16.1. The second kappa shape index (κ2) is 10.6. The van der Waals surface area contributed by atoms with Gasteiger partial charge in [0, 0.05) is 55.2 Å². The number of hydrogen-bond donors (Lipinski definition) is 1. The average Bonchev–Trinajstić information content (AvgIpc) is 3.22. The standard InChI is InChI=1S/C24H24ClN5.CH2O2/c1-28-11-13-29(14-12-28)17-18-3-2-4-19(15-18)24-27-22-9-10-26-16-23(22)30(24)21-7-5-20(25)6-8-21;2-1-3/h2-10,15-16H,11-14,17H2,1H3;1H,(H,2,3). The quantitative estimate of drug-likeness (QED) is 0.457. The minimum absolute atomic E-state index is 0.250. The highest BCUT2D eigenvalue weighted by Gasteiger charge is 2.17. The molecule has 2 aromatic heterocycles. The number of imidazole rings is 1. The molecule has 3 heterocycles. The van der Waals surface area contributed by atoms with Crippen molar-refractivity contribution >= 4 is 29.1 Å². The van der Waals surface area contributed by atoms with Gasteiger partial charge in [-0.05, 0) is 49.0 Å². The van der Waals surface area contributed by atoms with Crippen molar-refractivity contribution in [1.82, 2.24) is 24.3 Å². The average molecular weight is 464 g/mol. The van der Waals surface area contributed by atoms with Crippen molar-refractivity contribution in [3.05, 3.63) is 77.6 Å². The maximum absolute atomic E-state index is 8.36. The molecule has 0 unspecified atom stereocenters. The van der Waals surface area contributed by atoms with E-state index in [4.69, 9.17) is 26.5 Å². The van der Waals surface area contributed by atoms with Crippen molar-refractivity contribution in [2.45, 2.75) is 6.54 Å². The molecule has 7 nitrogen and oxygen atoms in total. The normalized spacial score (nSPS) is 14.6. The summed E-state index contributed by atoms with van der Waals surface area (Å²) in [5, 5.41) is 7.61. The van der Waals surface area contributed by atoms with Crippen LogP contribution in [0.25, 0.3) is 28.1 Å². The van der Waals surface area contributed by atoms with Crippen LogP contribution in [0.15, 0.2) is 67.0 Å². The fourth-order valence-corrected chi connectivity index (χ4v) is 4.17. The number of benzene rings is 2. The topological polar surface area (TPSA) is 74.5 Å². The number of hydrogen-bond acceptors (Lipinski definition) is 5. The van der Waals surface area contributed by atoms with Gasteiger partial charge in [-0.1, -0.05) is 29.8 Å². The van der Waals surface area contributed by atoms with Crippen molar-refractivity contribution in [2.75, 3.05) is 33.2 Å². The van der Waals surface area contributed by atoms with Crippen LogP contribution in [-0.2, 0) is 11.3 Å². The lowest BCUT2D eigenvalue weighted by Crippen LogP contribution is -2.43. The number of carboxylic acid groups (broad SMARTS) is 1. The van der Waals surface area contributed by atoms with Gasteiger partial charge in [-0.15, -0.1) is 0 Å². The Morgan fingerprint density at radius 3 is 2.52 bits per heavy atom. The SMILES string of the molecule is CN1CCN(Cc2cccc(-c3nc4ccncc4n3-c3ccc(Cl)cc3)c2)CC1.O=CO. The van der Waals surface area contributed by atoms with Crippen molar-refractivity contribution < 1.29 is 9.90 Å². The minimum atomic E-state index is -0.250. The Bertz CT molecular complexity index is 1220. The van der Waals surface area contributed by atoms with E-state index in [0.717, 1.165) is 65.9 Å². The molecule has 8 heteroatoms. The molecule has 1 N–H and O–H groups in total. The first kappa shape index (κ1) is 22.9. The van der Waals surface area contributed by atoms with Gasteiger partial charge in [0.25, 0.3) is 6.47 Å². The van der Waals surface area contributed by atoms with Gasteiger partial charge in [-0.25, -0.2) is 4.98 Å². The molecule has 1 aliphatic heterocycles. The van der Waals surface area contributed by atoms with Crippen LogP contribution in [0.2, 0.25) is 5.02 Å². The summed E-state index contributed by atoms with van der Waals surface area (Å²) >= 11 is 6.13. The third-order valence-electron chi connectivity index (χ3n) is 5.73. The number of carbonyl (C=O) groups is 1. The van der Waals surface area contributed by atoms with E-state index in [1.54, 1.807) is 6.20 Å². The van der Waals surface area contributed by atoms with E-state index in [1.165, 1.54) is 5.56 Å². The third kappa shape index (κ3) is 5.39. The molecule has 0 atom stereocenters. The lowest BCUT2D eigenvalue weighted by molar-refractivity contribution is -0.122. The summed E-state index contributed by atoms with van der Waals surface area (Å²) in [5.41, 5.74) is 5.35. The molecule has 33 heavy (non-hydrogen) atoms. The van der Waals surface area contributed by atoms with Gasteiger partial charge in [-0.3, -0.25) is 19.2 Å². The van der Waals surface area contributed by atoms with Crippen LogP contribution >= 0.6 is 11.6 Å². The summed E-state index contributed by atoms with van der Waals surface area (Å²) < 4.78 is 2.16. The van der Waals surface area contributed by atoms with Crippen LogP contribution in [-0.4, -0.2) is 69.1 Å². The van der Waals surface area contributed by atoms with E-state index in [-0.39, 0.29) is 6.47 Å². The molecule has 2 aromatic carbocycles. The van der Waals surface area contributed by atoms with Gasteiger partial charge in [0.2, 0.25) is 0 Å². The van der Waals surface area contributed by atoms with Crippen molar-refractivity contribution in [1.29, 1.82) is 0 Å². The Morgan fingerprint density at radius 1 is 1.06 bits per heavy atom. The molecule has 0 spiro atoms. The summed E-state index contributed by atoms with van der Waals surface area (Å²) in [4.78, 5) is 22.5. The fraction of sp³-hybridized carbons (Fsp3) is 0.240. The molecule has 5 rings (SSSR count). The maximum Gasteiger partial charge on any atom is 0.290 e. The number of rotatable bonds is 4. The van der Waals surface area contributed by atoms with Crippen LogP contribution in [0.5, 0.6) is 0 Å². The molecular formula is C25H26ClN5O2. The number of halogens is 1. The second-order valence-electron chi connectivity index (χ2n) is 8.00. The van der Waals surface area contributed by atoms with Crippen molar-refractivity contribution in [3.8, 4) is 17.1 Å². The number of aromatic nitrogens is 3. The molecule has 1 fully saturated rings. The van der Waals surface area contributed by atoms with E-state index < -0.39 is 0 Å². The smallest absolute Gasteiger partial charge is 0.290 e. The maximum atomic E-state index is 8.36. The van der Waals surface area contributed by atoms with E-state index in [2.05, 4.69) is 50.7 Å². The third-order valence-corrected chi connectivity index (χ3v) is 5.98. The van der Waals surface area contributed by atoms with Crippen LogP contribution < -0.4 is 0 Å². The molecule has 4 aromatic rings. The van der Waals surface area contributed by atoms with Crippen LogP contribution in [0, 0.1) is 0 Å². The van der Waals surface area contributed by atoms with E-state index >= 15 is 0 Å². The lowest BCUT2D eigenvalue weighted by atomic mass is 10.1. The molecule has 0 radical (unpaired) electrons. The molecule has 0 amide bonds. The molecule has 0 aliphatic carbocycles. The molecule has 1 saturated heterocycles. The summed E-state index contributed by atoms with van der Waals surface area (Å²) in [7, 11) is 2.19. The second-order valence-corrected chi connectivity index (χ2v) is 8.43. The molecule has 170 valence electrons. The predicted molar refractivity (Wildman–Crippen MR) is 131 cm³/mol. The number of pyridine rings is 1. The van der Waals surface area contributed by atoms with E-state index in [9.17, 15) is 0 Å². The zero-order valence-corrected chi connectivity index (χ0v) is 19.2. The number of nitrogens with zero attached hydrogens (tertiary/aromatic N) is 5. The lowest BCUT2D eigenvalue weighted by Gasteiger charge is -2.32. The van der Waals surface area contributed by atoms with Gasteiger partial charge >= 0.3 is 0 Å². The van der Waals surface area contributed by atoms with Crippen molar-refractivity contribution in [3.63, 3.8) is 0 Å². The highest BCUT2D eigenvalue weighted by Crippen LogP contribution is 2.29. The minimum Gasteiger partial charge on any atom is -0.483 e. The highest BCUT2D eigenvalue weighted by atomic mass is 35.5. The zero-order valence-electron chi connectivity index (χ0n) is 18.4. The van der Waals surface area contributed by atoms with Gasteiger partial charge in [-0.2, -0.15) is 0 Å². The van der Waals surface area contributed by atoms with Crippen LogP contribution in [0.4, 0.5) is 0 Å². The summed E-state index contributed by atoms with van der Waals surface area (Å²) in [6.07, 6.45) is 3.66. The van der Waals surface area contributed by atoms with Gasteiger partial charge < -0.3 is 10.0 Å². The summed E-state index contributed by atoms with van der Waals surface area (Å²) in [6.45, 7) is 5.17. The Kier molecular flexibility index (Phi) is 7.34. The van der Waals surface area contributed by atoms with Gasteiger partial charge in [0.05, 0.1) is 17.2 Å². The van der Waals surface area contributed by atoms with E-state index in [0.29, 0.717) is 0 Å². The first-order valence-electron chi connectivity index (χ1n) is 10.8. The Balaban J connectivity index is 0.000000821. The number of fused-ring (bicyclic) bond motifs is 1. The molecule has 0 saturated carbocycles. The highest BCUT2D eigenvalue weighted by molar-refractivity contribution is 6.30. The first-order valence-corrected chi connectivity index (χ1v) is 11.1. The van der Waals surface area contributed by atoms with Gasteiger partial charge in [0.1, 0.15) is 5.82 Å². The van der Waals surface area contributed by atoms with Gasteiger partial charge in [0.15, 0.2) is 0 Å². The zero-order chi connectivity index (χ0) is 23.2. The summed E-state index contributed by atoms with van der Waals surface area (Å²) in [6, 6.07) is 18.6. The predicted octanol–water partition coefficient (Wildman–Crippen LogP) is 4.19. The Morgan fingerprint density at radius 2 is 1.79 bits per heavy atom. The van der Waals surface area contributed by atoms with E-state index in [1.807, 2.05) is 36.5 Å². The molecular weight excluding hydrogens is 438 g/mol. The molecule has 0 bridgehead atoms. The van der Waals surface area contributed by atoms with Crippen LogP contribution in [0.1, 0.15) is 5.56 Å². The summed E-state index contributed by atoms with van der Waals surface area (Å²) in [5.74, 6) is 0.917. The number of piperazine rings is 1. The van der Waals surface area contributed by atoms with Crippen LogP contribution in [0.3, 0.4) is 0 Å². The Hall–Kier alpha value is -3.26. The number of likely N-dealkylation sites (N-methyl/N-ethyl adjacent to an activating group) is 1. The fourth-order valence-electron chi connectivity index (χ4n) is 4.04.